The van der Waals surface area contributed by atoms with Crippen molar-refractivity contribution in [3.63, 3.8) is 0 Å². The molecule has 1 heterocycles. The molecule has 1 N–H and O–H groups in total. The van der Waals surface area contributed by atoms with Crippen molar-refractivity contribution >= 4 is 9.47 Å². The molecule has 2 unspecified atom stereocenters. The third-order valence-corrected chi connectivity index (χ3v) is 4.13. The highest BCUT2D eigenvalue weighted by molar-refractivity contribution is 7.09. The third-order valence-electron chi connectivity index (χ3n) is 3.72. The maximum atomic E-state index is 13.9. The summed E-state index contributed by atoms with van der Waals surface area (Å²) in [5.74, 6) is -0.358. The number of benzene rings is 1. The van der Waals surface area contributed by atoms with Gasteiger partial charge in [0.15, 0.2) is 0 Å². The van der Waals surface area contributed by atoms with E-state index in [-0.39, 0.29) is 12.4 Å². The summed E-state index contributed by atoms with van der Waals surface area (Å²) in [6.07, 6.45) is 2.31. The fraction of sp³-hybridized carbons (Fsp3) is 0.429. The number of hydrogen-bond acceptors (Lipinski definition) is 4. The second kappa shape index (κ2) is 6.18. The Kier molecular flexibility index (Phi) is 4.71. The fourth-order valence-electron chi connectivity index (χ4n) is 2.40. The number of aryl methyl sites for hydroxylation is 2. The maximum Gasteiger partial charge on any atom is 0.137 e. The van der Waals surface area contributed by atoms with Gasteiger partial charge in [0.2, 0.25) is 0 Å². The first-order valence-electron chi connectivity index (χ1n) is 6.56. The number of nitrogens with zero attached hydrogens (tertiary/aromatic N) is 3. The summed E-state index contributed by atoms with van der Waals surface area (Å²) in [6.45, 7) is 5.37. The van der Waals surface area contributed by atoms with E-state index in [0.717, 1.165) is 5.56 Å². The van der Waals surface area contributed by atoms with Crippen LogP contribution in [0.15, 0.2) is 24.8 Å². The molecule has 0 amide bonds. The van der Waals surface area contributed by atoms with Crippen LogP contribution in [0.4, 0.5) is 4.39 Å². The van der Waals surface area contributed by atoms with Crippen molar-refractivity contribution in [2.75, 3.05) is 0 Å². The first kappa shape index (κ1) is 16.0. The monoisotopic (exact) mass is 311 g/mol. The summed E-state index contributed by atoms with van der Waals surface area (Å²) in [7, 11) is 2.13. The molecule has 0 fully saturated rings. The maximum absolute atomic E-state index is 13.9. The van der Waals surface area contributed by atoms with Gasteiger partial charge in [-0.2, -0.15) is 5.10 Å². The molecule has 3 atom stereocenters. The predicted molar refractivity (Wildman–Crippen MR) is 80.0 cm³/mol. The first-order chi connectivity index (χ1) is 9.88. The molecule has 2 rings (SSSR count). The van der Waals surface area contributed by atoms with Crippen molar-refractivity contribution in [3.05, 3.63) is 47.3 Å². The summed E-state index contributed by atoms with van der Waals surface area (Å²) in [6, 6.07) is 3.08. The molecule has 0 saturated heterocycles. The van der Waals surface area contributed by atoms with Crippen LogP contribution >= 0.6 is 9.47 Å². The SMILES string of the molecule is Cc1cc(C)c(C(O)(Cn2cncn2)[C@@H](C)OP)cc1F. The van der Waals surface area contributed by atoms with Crippen LogP contribution in [-0.2, 0) is 16.7 Å². The number of aromatic nitrogens is 3. The molecule has 1 aromatic heterocycles. The lowest BCUT2D eigenvalue weighted by Crippen LogP contribution is -2.43. The third kappa shape index (κ3) is 3.12. The molecule has 0 radical (unpaired) electrons. The standard InChI is InChI=1S/C14H19FN3O2P/c1-9-4-10(2)13(15)5-12(9)14(19,11(3)20-21)6-18-8-16-7-17-18/h4-5,7-8,11,19H,6,21H2,1-3H3/t11-,14?/m1/s1. The topological polar surface area (TPSA) is 60.2 Å². The van der Waals surface area contributed by atoms with E-state index in [1.165, 1.54) is 23.4 Å². The van der Waals surface area contributed by atoms with Gasteiger partial charge >= 0.3 is 0 Å². The van der Waals surface area contributed by atoms with Crippen molar-refractivity contribution in [2.45, 2.75) is 39.0 Å². The van der Waals surface area contributed by atoms with Gasteiger partial charge in [-0.3, -0.25) is 0 Å². The Hall–Kier alpha value is -1.36. The van der Waals surface area contributed by atoms with Gasteiger partial charge in [0, 0.05) is 9.47 Å². The molecule has 114 valence electrons. The van der Waals surface area contributed by atoms with Crippen LogP contribution in [0.2, 0.25) is 0 Å². The minimum Gasteiger partial charge on any atom is -0.380 e. The highest BCUT2D eigenvalue weighted by atomic mass is 31.0. The lowest BCUT2D eigenvalue weighted by Gasteiger charge is -2.34. The molecular weight excluding hydrogens is 292 g/mol. The van der Waals surface area contributed by atoms with E-state index in [1.54, 1.807) is 19.9 Å². The van der Waals surface area contributed by atoms with Gasteiger partial charge in [-0.25, -0.2) is 14.1 Å². The zero-order chi connectivity index (χ0) is 15.6. The Morgan fingerprint density at radius 3 is 2.71 bits per heavy atom. The fourth-order valence-corrected chi connectivity index (χ4v) is 2.62. The van der Waals surface area contributed by atoms with E-state index in [2.05, 4.69) is 19.5 Å². The number of hydrogen-bond donors (Lipinski definition) is 1. The molecule has 0 aliphatic rings. The lowest BCUT2D eigenvalue weighted by molar-refractivity contribution is -0.0682. The van der Waals surface area contributed by atoms with E-state index in [9.17, 15) is 9.50 Å². The second-order valence-corrected chi connectivity index (χ2v) is 5.48. The first-order valence-corrected chi connectivity index (χ1v) is 7.03. The molecule has 1 aromatic carbocycles. The molecule has 5 nitrogen and oxygen atoms in total. The van der Waals surface area contributed by atoms with Gasteiger partial charge in [-0.1, -0.05) is 6.07 Å². The van der Waals surface area contributed by atoms with Crippen LogP contribution < -0.4 is 0 Å². The molecule has 0 bridgehead atoms. The van der Waals surface area contributed by atoms with Crippen molar-refractivity contribution < 1.29 is 14.0 Å². The van der Waals surface area contributed by atoms with Crippen LogP contribution in [-0.4, -0.2) is 26.0 Å². The van der Waals surface area contributed by atoms with E-state index in [1.807, 2.05) is 6.92 Å². The van der Waals surface area contributed by atoms with E-state index < -0.39 is 11.7 Å². The molecule has 0 spiro atoms. The Labute approximate surface area is 125 Å². The smallest absolute Gasteiger partial charge is 0.137 e. The average molecular weight is 311 g/mol. The Bertz CT molecular complexity index is 621. The van der Waals surface area contributed by atoms with Gasteiger partial charge in [-0.05, 0) is 43.5 Å². The van der Waals surface area contributed by atoms with Crippen LogP contribution in [0.3, 0.4) is 0 Å². The van der Waals surface area contributed by atoms with Crippen LogP contribution in [0.25, 0.3) is 0 Å². The van der Waals surface area contributed by atoms with Gasteiger partial charge in [0.05, 0.1) is 12.6 Å². The van der Waals surface area contributed by atoms with Crippen LogP contribution in [0.1, 0.15) is 23.6 Å². The van der Waals surface area contributed by atoms with E-state index in [4.69, 9.17) is 4.52 Å². The number of rotatable bonds is 5. The second-order valence-electron chi connectivity index (χ2n) is 5.21. The van der Waals surface area contributed by atoms with Gasteiger partial charge in [0.25, 0.3) is 0 Å². The molecule has 0 saturated carbocycles. The number of halogens is 1. The molecule has 0 aliphatic carbocycles. The van der Waals surface area contributed by atoms with Crippen molar-refractivity contribution in [1.82, 2.24) is 14.8 Å². The molecule has 7 heteroatoms. The predicted octanol–water partition coefficient (Wildman–Crippen LogP) is 2.12. The lowest BCUT2D eigenvalue weighted by atomic mass is 9.85. The summed E-state index contributed by atoms with van der Waals surface area (Å²) >= 11 is 0. The average Bonchev–Trinajstić information content (AvgIpc) is 2.94. The Morgan fingerprint density at radius 1 is 1.43 bits per heavy atom. The normalized spacial score (nSPS) is 15.7. The van der Waals surface area contributed by atoms with Gasteiger partial charge in [-0.15, -0.1) is 0 Å². The largest absolute Gasteiger partial charge is 0.380 e. The minimum absolute atomic E-state index is 0.117. The van der Waals surface area contributed by atoms with Crippen molar-refractivity contribution in [2.24, 2.45) is 0 Å². The van der Waals surface area contributed by atoms with Gasteiger partial charge in [0.1, 0.15) is 24.1 Å². The summed E-state index contributed by atoms with van der Waals surface area (Å²) < 4.78 is 20.7. The zero-order valence-electron chi connectivity index (χ0n) is 12.2. The highest BCUT2D eigenvalue weighted by Crippen LogP contribution is 2.33. The molecular formula is C14H19FN3O2P. The summed E-state index contributed by atoms with van der Waals surface area (Å²) in [5, 5.41) is 15.1. The van der Waals surface area contributed by atoms with E-state index >= 15 is 0 Å². The Morgan fingerprint density at radius 2 is 2.14 bits per heavy atom. The molecule has 21 heavy (non-hydrogen) atoms. The Balaban J connectivity index is 2.52. The summed E-state index contributed by atoms with van der Waals surface area (Å²) in [4.78, 5) is 3.86. The zero-order valence-corrected chi connectivity index (χ0v) is 13.4. The molecule has 0 aliphatic heterocycles. The van der Waals surface area contributed by atoms with Crippen LogP contribution in [0, 0.1) is 19.7 Å². The highest BCUT2D eigenvalue weighted by Gasteiger charge is 2.38. The van der Waals surface area contributed by atoms with Crippen molar-refractivity contribution in [3.8, 4) is 0 Å². The van der Waals surface area contributed by atoms with Gasteiger partial charge < -0.3 is 9.63 Å². The number of aliphatic hydroxyl groups is 1. The summed E-state index contributed by atoms with van der Waals surface area (Å²) in [5.41, 5.74) is 0.397. The van der Waals surface area contributed by atoms with Crippen molar-refractivity contribution in [1.29, 1.82) is 0 Å². The van der Waals surface area contributed by atoms with Crippen LogP contribution in [0.5, 0.6) is 0 Å². The van der Waals surface area contributed by atoms with E-state index in [0.29, 0.717) is 11.1 Å². The molecule has 2 aromatic rings. The quantitative estimate of drug-likeness (QED) is 0.859. The minimum atomic E-state index is -1.42.